The fraction of sp³-hybridized carbons (Fsp3) is 0.263. The Morgan fingerprint density at radius 2 is 1.54 bits per heavy atom. The molecule has 126 valence electrons. The number of hydrogen-bond donors (Lipinski definition) is 2. The number of carbonyl (C=O) groups is 2. The highest BCUT2D eigenvalue weighted by molar-refractivity contribution is 5.84. The fourth-order valence-electron chi connectivity index (χ4n) is 2.27. The first-order valence-electron chi connectivity index (χ1n) is 7.93. The number of nitrogens with one attached hydrogen (secondary N) is 1. The summed E-state index contributed by atoms with van der Waals surface area (Å²) in [7, 11) is 0. The lowest BCUT2D eigenvalue weighted by atomic mass is 10.1. The van der Waals surface area contributed by atoms with Crippen LogP contribution in [0.4, 0.5) is 0 Å². The Kier molecular flexibility index (Phi) is 6.98. The van der Waals surface area contributed by atoms with Gasteiger partial charge < -0.3 is 15.8 Å². The Morgan fingerprint density at radius 1 is 0.958 bits per heavy atom. The molecule has 0 spiro atoms. The van der Waals surface area contributed by atoms with Crippen LogP contribution in [0.5, 0.6) is 0 Å². The molecule has 0 aliphatic rings. The molecule has 5 nitrogen and oxygen atoms in total. The lowest BCUT2D eigenvalue weighted by molar-refractivity contribution is -0.149. The van der Waals surface area contributed by atoms with E-state index in [9.17, 15) is 9.59 Å². The van der Waals surface area contributed by atoms with Crippen molar-refractivity contribution in [1.29, 1.82) is 0 Å². The lowest BCUT2D eigenvalue weighted by Crippen LogP contribution is -2.43. The summed E-state index contributed by atoms with van der Waals surface area (Å²) in [6, 6.07) is 18.2. The van der Waals surface area contributed by atoms with Gasteiger partial charge in [-0.1, -0.05) is 60.7 Å². The molecule has 0 bridgehead atoms. The van der Waals surface area contributed by atoms with Crippen molar-refractivity contribution < 1.29 is 14.3 Å². The molecular weight excluding hydrogens is 304 g/mol. The van der Waals surface area contributed by atoms with Gasteiger partial charge in [0.2, 0.25) is 5.91 Å². The average Bonchev–Trinajstić information content (AvgIpc) is 2.61. The Bertz CT molecular complexity index is 644. The molecule has 2 aromatic carbocycles. The van der Waals surface area contributed by atoms with Crippen molar-refractivity contribution in [3.63, 3.8) is 0 Å². The van der Waals surface area contributed by atoms with E-state index in [0.717, 1.165) is 11.1 Å². The smallest absolute Gasteiger partial charge is 0.329 e. The minimum atomic E-state index is -0.727. The molecule has 0 saturated carbocycles. The lowest BCUT2D eigenvalue weighted by Gasteiger charge is -2.18. The van der Waals surface area contributed by atoms with Gasteiger partial charge in [-0.2, -0.15) is 0 Å². The third kappa shape index (κ3) is 5.85. The van der Waals surface area contributed by atoms with E-state index in [1.54, 1.807) is 0 Å². The fourth-order valence-corrected chi connectivity index (χ4v) is 2.27. The molecule has 0 fully saturated rings. The topological polar surface area (TPSA) is 81.4 Å². The van der Waals surface area contributed by atoms with Crippen LogP contribution in [0.25, 0.3) is 0 Å². The summed E-state index contributed by atoms with van der Waals surface area (Å²) in [4.78, 5) is 24.2. The van der Waals surface area contributed by atoms with E-state index in [4.69, 9.17) is 10.5 Å². The molecule has 0 unspecified atom stereocenters. The van der Waals surface area contributed by atoms with Crippen molar-refractivity contribution in [3.8, 4) is 0 Å². The van der Waals surface area contributed by atoms with Crippen LogP contribution in [0, 0.1) is 0 Å². The molecular formula is C19H22N2O3. The van der Waals surface area contributed by atoms with Gasteiger partial charge in [-0.05, 0) is 11.1 Å². The minimum absolute atomic E-state index is 0.178. The summed E-state index contributed by atoms with van der Waals surface area (Å²) in [5.41, 5.74) is 7.24. The first-order chi connectivity index (χ1) is 11.7. The summed E-state index contributed by atoms with van der Waals surface area (Å²) in [6.45, 7) is 0.417. The molecule has 2 rings (SSSR count). The normalized spacial score (nSPS) is 11.5. The summed E-state index contributed by atoms with van der Waals surface area (Å²) < 4.78 is 5.36. The van der Waals surface area contributed by atoms with Crippen LogP contribution in [-0.2, 0) is 27.4 Å². The molecule has 3 N–H and O–H groups in total. The quantitative estimate of drug-likeness (QED) is 0.725. The van der Waals surface area contributed by atoms with Crippen LogP contribution >= 0.6 is 0 Å². The Morgan fingerprint density at radius 3 is 2.12 bits per heavy atom. The van der Waals surface area contributed by atoms with Crippen molar-refractivity contribution >= 4 is 11.9 Å². The third-order valence-electron chi connectivity index (χ3n) is 3.50. The standard InChI is InChI=1S/C19H22N2O3/c20-12-11-18(22)21-17(13-15-7-3-1-4-8-15)19(23)24-14-16-9-5-2-6-10-16/h1-10,17H,11-14,20H2,(H,21,22)/t17-/m0/s1. The highest BCUT2D eigenvalue weighted by Crippen LogP contribution is 2.07. The van der Waals surface area contributed by atoms with E-state index in [1.165, 1.54) is 0 Å². The highest BCUT2D eigenvalue weighted by atomic mass is 16.5. The van der Waals surface area contributed by atoms with Crippen LogP contribution in [0.1, 0.15) is 17.5 Å². The third-order valence-corrected chi connectivity index (χ3v) is 3.50. The maximum absolute atomic E-state index is 12.4. The van der Waals surface area contributed by atoms with Crippen molar-refractivity contribution in [2.24, 2.45) is 5.73 Å². The second-order valence-electron chi connectivity index (χ2n) is 5.44. The monoisotopic (exact) mass is 326 g/mol. The van der Waals surface area contributed by atoms with E-state index in [-0.39, 0.29) is 25.5 Å². The second-order valence-corrected chi connectivity index (χ2v) is 5.44. The first-order valence-corrected chi connectivity index (χ1v) is 7.93. The first kappa shape index (κ1) is 17.7. The molecule has 2 aromatic rings. The van der Waals surface area contributed by atoms with Gasteiger partial charge in [-0.3, -0.25) is 4.79 Å². The molecule has 1 atom stereocenters. The summed E-state index contributed by atoms with van der Waals surface area (Å²) in [6.07, 6.45) is 0.558. The molecule has 0 aliphatic heterocycles. The largest absolute Gasteiger partial charge is 0.459 e. The molecule has 0 saturated heterocycles. The predicted octanol–water partition coefficient (Wildman–Crippen LogP) is 1.81. The number of hydrogen-bond acceptors (Lipinski definition) is 4. The maximum Gasteiger partial charge on any atom is 0.329 e. The predicted molar refractivity (Wildman–Crippen MR) is 92.0 cm³/mol. The zero-order chi connectivity index (χ0) is 17.2. The summed E-state index contributed by atoms with van der Waals surface area (Å²) in [5.74, 6) is -0.705. The van der Waals surface area contributed by atoms with Crippen LogP contribution < -0.4 is 11.1 Å². The van der Waals surface area contributed by atoms with Gasteiger partial charge in [0.25, 0.3) is 0 Å². The van der Waals surface area contributed by atoms with E-state index in [0.29, 0.717) is 6.42 Å². The molecule has 5 heteroatoms. The number of carbonyl (C=O) groups excluding carboxylic acids is 2. The number of benzene rings is 2. The van der Waals surface area contributed by atoms with E-state index in [1.807, 2.05) is 60.7 Å². The molecule has 0 aromatic heterocycles. The Labute approximate surface area is 141 Å². The van der Waals surface area contributed by atoms with Gasteiger partial charge in [0, 0.05) is 19.4 Å². The number of ether oxygens (including phenoxy) is 1. The maximum atomic E-state index is 12.4. The summed E-state index contributed by atoms with van der Waals surface area (Å²) >= 11 is 0. The van der Waals surface area contributed by atoms with Crippen molar-refractivity contribution in [1.82, 2.24) is 5.32 Å². The van der Waals surface area contributed by atoms with E-state index < -0.39 is 12.0 Å². The second kappa shape index (κ2) is 9.47. The Balaban J connectivity index is 2.00. The molecule has 0 aliphatic carbocycles. The number of amides is 1. The van der Waals surface area contributed by atoms with Crippen LogP contribution in [-0.4, -0.2) is 24.5 Å². The number of nitrogens with two attached hydrogens (primary N) is 1. The van der Waals surface area contributed by atoms with Gasteiger partial charge in [-0.15, -0.1) is 0 Å². The van der Waals surface area contributed by atoms with Crippen LogP contribution in [0.2, 0.25) is 0 Å². The molecule has 0 heterocycles. The van der Waals surface area contributed by atoms with Gasteiger partial charge >= 0.3 is 5.97 Å². The highest BCUT2D eigenvalue weighted by Gasteiger charge is 2.22. The van der Waals surface area contributed by atoms with Gasteiger partial charge in [0.1, 0.15) is 12.6 Å². The Hall–Kier alpha value is -2.66. The SMILES string of the molecule is NCCC(=O)N[C@@H](Cc1ccccc1)C(=O)OCc1ccccc1. The molecule has 1 amide bonds. The molecule has 24 heavy (non-hydrogen) atoms. The van der Waals surface area contributed by atoms with Crippen LogP contribution in [0.15, 0.2) is 60.7 Å². The van der Waals surface area contributed by atoms with E-state index in [2.05, 4.69) is 5.32 Å². The van der Waals surface area contributed by atoms with Crippen molar-refractivity contribution in [2.75, 3.05) is 6.54 Å². The van der Waals surface area contributed by atoms with Crippen molar-refractivity contribution in [2.45, 2.75) is 25.5 Å². The minimum Gasteiger partial charge on any atom is -0.459 e. The van der Waals surface area contributed by atoms with Crippen molar-refractivity contribution in [3.05, 3.63) is 71.8 Å². The van der Waals surface area contributed by atoms with Gasteiger partial charge in [-0.25, -0.2) is 4.79 Å². The zero-order valence-electron chi connectivity index (χ0n) is 13.5. The van der Waals surface area contributed by atoms with E-state index >= 15 is 0 Å². The average molecular weight is 326 g/mol. The van der Waals surface area contributed by atoms with Gasteiger partial charge in [0.05, 0.1) is 0 Å². The number of rotatable bonds is 8. The molecule has 0 radical (unpaired) electrons. The van der Waals surface area contributed by atoms with Crippen LogP contribution in [0.3, 0.4) is 0 Å². The van der Waals surface area contributed by atoms with Gasteiger partial charge in [0.15, 0.2) is 0 Å². The zero-order valence-corrected chi connectivity index (χ0v) is 13.5. The number of esters is 1. The summed E-state index contributed by atoms with van der Waals surface area (Å²) in [5, 5.41) is 2.71.